The number of piperazine rings is 1. The molecule has 2 aliphatic heterocycles. The molecule has 3 rings (SSSR count). The summed E-state index contributed by atoms with van der Waals surface area (Å²) in [6.45, 7) is 4.20. The number of carbonyl (C=O) groups excluding carboxylic acids is 1. The van der Waals surface area contributed by atoms with Gasteiger partial charge in [0.2, 0.25) is 0 Å². The van der Waals surface area contributed by atoms with Crippen LogP contribution in [0.1, 0.15) is 13.3 Å². The number of sulfone groups is 1. The standard InChI is InChI=1S/C17H25N3O4S/c1-3-8-19-9-10-20(16-12-25(22,23)11-15(16)19)17(21)18-13-4-6-14(24-2)7-5-13/h4-7,15-16H,3,8-12H2,1-2H3,(H,18,21)/t15-,16+/m0/s1. The molecular formula is C17H25N3O4S. The highest BCUT2D eigenvalue weighted by atomic mass is 32.2. The molecule has 2 heterocycles. The third-order valence-electron chi connectivity index (χ3n) is 4.90. The number of rotatable bonds is 4. The van der Waals surface area contributed by atoms with Gasteiger partial charge in [0.05, 0.1) is 24.7 Å². The zero-order valence-electron chi connectivity index (χ0n) is 14.6. The molecule has 2 atom stereocenters. The molecule has 2 fully saturated rings. The highest BCUT2D eigenvalue weighted by Gasteiger charge is 2.47. The Morgan fingerprint density at radius 3 is 2.52 bits per heavy atom. The van der Waals surface area contributed by atoms with Crippen LogP contribution in [0.15, 0.2) is 24.3 Å². The first-order valence-electron chi connectivity index (χ1n) is 8.59. The third-order valence-corrected chi connectivity index (χ3v) is 6.60. The van der Waals surface area contributed by atoms with Crippen LogP contribution in [0.5, 0.6) is 5.75 Å². The first kappa shape index (κ1) is 18.0. The first-order chi connectivity index (χ1) is 11.9. The summed E-state index contributed by atoms with van der Waals surface area (Å²) < 4.78 is 29.4. The summed E-state index contributed by atoms with van der Waals surface area (Å²) in [5.74, 6) is 0.908. The number of urea groups is 1. The van der Waals surface area contributed by atoms with Crippen LogP contribution < -0.4 is 10.1 Å². The van der Waals surface area contributed by atoms with Crippen molar-refractivity contribution in [2.45, 2.75) is 25.4 Å². The summed E-state index contributed by atoms with van der Waals surface area (Å²) in [5, 5.41) is 2.87. The predicted octanol–water partition coefficient (Wildman–Crippen LogP) is 1.42. The lowest BCUT2D eigenvalue weighted by Crippen LogP contribution is -2.61. The Morgan fingerprint density at radius 2 is 1.88 bits per heavy atom. The summed E-state index contributed by atoms with van der Waals surface area (Å²) in [4.78, 5) is 16.6. The maximum absolute atomic E-state index is 12.7. The summed E-state index contributed by atoms with van der Waals surface area (Å²) in [5.41, 5.74) is 0.666. The highest BCUT2D eigenvalue weighted by molar-refractivity contribution is 7.91. The van der Waals surface area contributed by atoms with Gasteiger partial charge in [-0.1, -0.05) is 6.92 Å². The monoisotopic (exact) mass is 367 g/mol. The molecule has 0 spiro atoms. The van der Waals surface area contributed by atoms with Crippen molar-refractivity contribution in [2.24, 2.45) is 0 Å². The number of anilines is 1. The molecular weight excluding hydrogens is 342 g/mol. The summed E-state index contributed by atoms with van der Waals surface area (Å²) in [6.07, 6.45) is 0.974. The number of fused-ring (bicyclic) bond motifs is 1. The number of hydrogen-bond donors (Lipinski definition) is 1. The fourth-order valence-electron chi connectivity index (χ4n) is 3.71. The quantitative estimate of drug-likeness (QED) is 0.871. The highest BCUT2D eigenvalue weighted by Crippen LogP contribution is 2.28. The topological polar surface area (TPSA) is 79.0 Å². The van der Waals surface area contributed by atoms with Gasteiger partial charge < -0.3 is 15.0 Å². The van der Waals surface area contributed by atoms with E-state index in [-0.39, 0.29) is 29.6 Å². The minimum atomic E-state index is -3.11. The van der Waals surface area contributed by atoms with Crippen LogP contribution in [0.2, 0.25) is 0 Å². The van der Waals surface area contributed by atoms with Crippen molar-refractivity contribution in [2.75, 3.05) is 43.6 Å². The molecule has 7 nitrogen and oxygen atoms in total. The van der Waals surface area contributed by atoms with Crippen LogP contribution in [-0.2, 0) is 9.84 Å². The molecule has 0 aromatic heterocycles. The summed E-state index contributed by atoms with van der Waals surface area (Å²) in [7, 11) is -1.52. The Hall–Kier alpha value is -1.80. The van der Waals surface area contributed by atoms with Crippen molar-refractivity contribution in [1.82, 2.24) is 9.80 Å². The Bertz CT molecular complexity index is 720. The maximum Gasteiger partial charge on any atom is 0.322 e. The van der Waals surface area contributed by atoms with E-state index < -0.39 is 9.84 Å². The fourth-order valence-corrected chi connectivity index (χ4v) is 5.72. The number of carbonyl (C=O) groups is 1. The number of nitrogens with one attached hydrogen (secondary N) is 1. The molecule has 2 saturated heterocycles. The van der Waals surface area contributed by atoms with Crippen molar-refractivity contribution >= 4 is 21.6 Å². The van der Waals surface area contributed by atoms with Crippen LogP contribution >= 0.6 is 0 Å². The molecule has 0 radical (unpaired) electrons. The average Bonchev–Trinajstić information content (AvgIpc) is 2.91. The van der Waals surface area contributed by atoms with E-state index in [9.17, 15) is 13.2 Å². The van der Waals surface area contributed by atoms with Crippen molar-refractivity contribution in [3.63, 3.8) is 0 Å². The van der Waals surface area contributed by atoms with Crippen molar-refractivity contribution in [1.29, 1.82) is 0 Å². The van der Waals surface area contributed by atoms with E-state index in [1.54, 1.807) is 36.3 Å². The van der Waals surface area contributed by atoms with Crippen molar-refractivity contribution < 1.29 is 17.9 Å². The van der Waals surface area contributed by atoms with Gasteiger partial charge in [0, 0.05) is 24.8 Å². The van der Waals surface area contributed by atoms with E-state index in [0.717, 1.165) is 13.0 Å². The Balaban J connectivity index is 1.73. The van der Waals surface area contributed by atoms with E-state index in [2.05, 4.69) is 17.1 Å². The molecule has 0 unspecified atom stereocenters. The van der Waals surface area contributed by atoms with Crippen molar-refractivity contribution in [3.8, 4) is 5.75 Å². The van der Waals surface area contributed by atoms with Crippen LogP contribution in [0, 0.1) is 0 Å². The number of ether oxygens (including phenoxy) is 1. The Kier molecular flexibility index (Phi) is 5.19. The van der Waals surface area contributed by atoms with E-state index in [1.807, 2.05) is 0 Å². The number of nitrogens with zero attached hydrogens (tertiary/aromatic N) is 2. The molecule has 1 N–H and O–H groups in total. The van der Waals surface area contributed by atoms with Crippen molar-refractivity contribution in [3.05, 3.63) is 24.3 Å². The smallest absolute Gasteiger partial charge is 0.322 e. The minimum Gasteiger partial charge on any atom is -0.497 e. The molecule has 2 aliphatic rings. The molecule has 25 heavy (non-hydrogen) atoms. The SMILES string of the molecule is CCCN1CCN(C(=O)Nc2ccc(OC)cc2)[C@@H]2CS(=O)(=O)C[C@@H]21. The lowest BCUT2D eigenvalue weighted by molar-refractivity contribution is 0.0706. The Labute approximate surface area is 148 Å². The van der Waals surface area contributed by atoms with E-state index >= 15 is 0 Å². The second-order valence-electron chi connectivity index (χ2n) is 6.60. The molecule has 0 bridgehead atoms. The molecule has 0 saturated carbocycles. The summed E-state index contributed by atoms with van der Waals surface area (Å²) in [6, 6.07) is 6.48. The van der Waals surface area contributed by atoms with Gasteiger partial charge in [0.15, 0.2) is 9.84 Å². The van der Waals surface area contributed by atoms with Gasteiger partial charge in [0.25, 0.3) is 0 Å². The molecule has 1 aromatic rings. The lowest BCUT2D eigenvalue weighted by Gasteiger charge is -2.43. The number of amides is 2. The second-order valence-corrected chi connectivity index (χ2v) is 8.75. The van der Waals surface area contributed by atoms with Crippen LogP contribution in [-0.4, -0.2) is 74.6 Å². The zero-order chi connectivity index (χ0) is 18.0. The van der Waals surface area contributed by atoms with Gasteiger partial charge in [-0.05, 0) is 37.2 Å². The molecule has 1 aromatic carbocycles. The predicted molar refractivity (Wildman–Crippen MR) is 96.8 cm³/mol. The average molecular weight is 367 g/mol. The maximum atomic E-state index is 12.7. The van der Waals surface area contributed by atoms with Gasteiger partial charge in [-0.2, -0.15) is 0 Å². The first-order valence-corrected chi connectivity index (χ1v) is 10.4. The van der Waals surface area contributed by atoms with Crippen LogP contribution in [0.4, 0.5) is 10.5 Å². The van der Waals surface area contributed by atoms with Gasteiger partial charge in [-0.15, -0.1) is 0 Å². The van der Waals surface area contributed by atoms with Gasteiger partial charge in [-0.25, -0.2) is 13.2 Å². The number of methoxy groups -OCH3 is 1. The lowest BCUT2D eigenvalue weighted by atomic mass is 10.0. The van der Waals surface area contributed by atoms with Gasteiger partial charge in [-0.3, -0.25) is 4.90 Å². The second kappa shape index (κ2) is 7.21. The third kappa shape index (κ3) is 3.90. The molecule has 0 aliphatic carbocycles. The Morgan fingerprint density at radius 1 is 1.20 bits per heavy atom. The van der Waals surface area contributed by atoms with E-state index in [1.165, 1.54) is 0 Å². The zero-order valence-corrected chi connectivity index (χ0v) is 15.5. The van der Waals surface area contributed by atoms with E-state index in [0.29, 0.717) is 24.5 Å². The van der Waals surface area contributed by atoms with E-state index in [4.69, 9.17) is 4.74 Å². The molecule has 2 amide bonds. The van der Waals surface area contributed by atoms with Gasteiger partial charge >= 0.3 is 6.03 Å². The van der Waals surface area contributed by atoms with Gasteiger partial charge in [0.1, 0.15) is 5.75 Å². The molecule has 138 valence electrons. The fraction of sp³-hybridized carbons (Fsp3) is 0.588. The largest absolute Gasteiger partial charge is 0.497 e. The summed E-state index contributed by atoms with van der Waals surface area (Å²) >= 11 is 0. The minimum absolute atomic E-state index is 0.0495. The normalized spacial score (nSPS) is 25.4. The molecule has 8 heteroatoms. The number of benzene rings is 1. The number of hydrogen-bond acceptors (Lipinski definition) is 5. The van der Waals surface area contributed by atoms with Crippen LogP contribution in [0.25, 0.3) is 0 Å². The van der Waals surface area contributed by atoms with Crippen LogP contribution in [0.3, 0.4) is 0 Å².